The summed E-state index contributed by atoms with van der Waals surface area (Å²) in [6.07, 6.45) is 0. The highest BCUT2D eigenvalue weighted by Gasteiger charge is 2.27. The van der Waals surface area contributed by atoms with Gasteiger partial charge >= 0.3 is 5.97 Å². The van der Waals surface area contributed by atoms with Crippen LogP contribution in [0.5, 0.6) is 0 Å². The first kappa shape index (κ1) is 13.5. The van der Waals surface area contributed by atoms with Crippen molar-refractivity contribution in [2.24, 2.45) is 0 Å². The molecular formula is C12H8F2O4S. The Bertz CT molecular complexity index is 610. The van der Waals surface area contributed by atoms with Crippen LogP contribution in [-0.2, 0) is 4.79 Å². The number of carbonyl (C=O) groups is 2. The topological polar surface area (TPSA) is 74.6 Å². The first-order chi connectivity index (χ1) is 8.91. The molecule has 1 aliphatic heterocycles. The molecule has 0 atom stereocenters. The van der Waals surface area contributed by atoms with E-state index in [2.05, 4.69) is 0 Å². The molecule has 0 amide bonds. The molecule has 2 rings (SSSR count). The summed E-state index contributed by atoms with van der Waals surface area (Å²) in [5, 5.41) is 18.7. The highest BCUT2D eigenvalue weighted by Crippen LogP contribution is 2.30. The molecule has 0 saturated heterocycles. The van der Waals surface area contributed by atoms with Gasteiger partial charge in [0.25, 0.3) is 0 Å². The second-order valence-electron chi connectivity index (χ2n) is 3.85. The molecule has 1 aromatic rings. The third kappa shape index (κ3) is 2.46. The molecular weight excluding hydrogens is 278 g/mol. The Hall–Kier alpha value is -1.89. The number of ketones is 1. The number of aliphatic hydroxyl groups is 1. The molecule has 2 N–H and O–H groups in total. The number of rotatable bonds is 2. The normalized spacial score (nSPS) is 15.8. The Morgan fingerprint density at radius 1 is 1.21 bits per heavy atom. The smallest absolute Gasteiger partial charge is 0.336 e. The fourth-order valence-corrected chi connectivity index (χ4v) is 2.55. The van der Waals surface area contributed by atoms with Crippen molar-refractivity contribution in [3.63, 3.8) is 0 Å². The molecule has 1 aromatic carbocycles. The van der Waals surface area contributed by atoms with Crippen molar-refractivity contribution in [1.82, 2.24) is 0 Å². The molecule has 1 aliphatic rings. The fraction of sp³-hybridized carbons (Fsp3) is 0.167. The van der Waals surface area contributed by atoms with Crippen LogP contribution in [0.2, 0.25) is 0 Å². The Morgan fingerprint density at radius 3 is 2.42 bits per heavy atom. The van der Waals surface area contributed by atoms with Crippen LogP contribution in [0, 0.1) is 11.6 Å². The first-order valence-corrected chi connectivity index (χ1v) is 6.33. The van der Waals surface area contributed by atoms with Crippen molar-refractivity contribution < 1.29 is 28.6 Å². The van der Waals surface area contributed by atoms with Crippen molar-refractivity contribution in [1.29, 1.82) is 0 Å². The summed E-state index contributed by atoms with van der Waals surface area (Å²) in [7, 11) is 0. The van der Waals surface area contributed by atoms with Gasteiger partial charge in [-0.2, -0.15) is 0 Å². The zero-order valence-corrected chi connectivity index (χ0v) is 10.3. The quantitative estimate of drug-likeness (QED) is 0.872. The molecule has 19 heavy (non-hydrogen) atoms. The van der Waals surface area contributed by atoms with Crippen molar-refractivity contribution in [3.05, 3.63) is 40.7 Å². The number of carbonyl (C=O) groups excluding carboxylic acids is 1. The lowest BCUT2D eigenvalue weighted by molar-refractivity contribution is -0.111. The molecule has 0 fully saturated rings. The molecule has 7 heteroatoms. The van der Waals surface area contributed by atoms with Gasteiger partial charge in [-0.25, -0.2) is 13.6 Å². The van der Waals surface area contributed by atoms with Crippen molar-refractivity contribution in [2.45, 2.75) is 0 Å². The lowest BCUT2D eigenvalue weighted by Crippen LogP contribution is -2.17. The largest absolute Gasteiger partial charge is 0.511 e. The Labute approximate surface area is 110 Å². The highest BCUT2D eigenvalue weighted by molar-refractivity contribution is 8.00. The number of hydrogen-bond donors (Lipinski definition) is 2. The van der Waals surface area contributed by atoms with E-state index in [1.165, 1.54) is 0 Å². The Kier molecular flexibility index (Phi) is 3.57. The SMILES string of the molecule is O=C1CSCC(O)=C1c1cc(F)c(F)cc1C(=O)O. The fourth-order valence-electron chi connectivity index (χ4n) is 1.78. The van der Waals surface area contributed by atoms with Gasteiger partial charge in [0.05, 0.1) is 22.6 Å². The molecule has 0 saturated carbocycles. The summed E-state index contributed by atoms with van der Waals surface area (Å²) >= 11 is 1.16. The highest BCUT2D eigenvalue weighted by atomic mass is 32.2. The Balaban J connectivity index is 2.71. The number of Topliss-reactive ketones (excluding diaryl/α,β-unsaturated/α-hetero) is 1. The maximum atomic E-state index is 13.2. The van der Waals surface area contributed by atoms with Crippen LogP contribution >= 0.6 is 11.8 Å². The number of carboxylic acid groups (broad SMARTS) is 1. The third-order valence-corrected chi connectivity index (χ3v) is 3.54. The predicted octanol–water partition coefficient (Wildman–Crippen LogP) is 2.25. The number of hydrogen-bond acceptors (Lipinski definition) is 4. The van der Waals surface area contributed by atoms with E-state index in [4.69, 9.17) is 5.11 Å². The van der Waals surface area contributed by atoms with Crippen LogP contribution in [0.25, 0.3) is 5.57 Å². The molecule has 0 radical (unpaired) electrons. The molecule has 0 aliphatic carbocycles. The number of halogens is 2. The van der Waals surface area contributed by atoms with E-state index in [1.807, 2.05) is 0 Å². The van der Waals surface area contributed by atoms with E-state index in [9.17, 15) is 23.5 Å². The van der Waals surface area contributed by atoms with Crippen LogP contribution in [-0.4, -0.2) is 33.5 Å². The molecule has 1 heterocycles. The minimum atomic E-state index is -1.50. The van der Waals surface area contributed by atoms with Crippen LogP contribution < -0.4 is 0 Å². The molecule has 0 spiro atoms. The van der Waals surface area contributed by atoms with E-state index in [0.717, 1.165) is 11.8 Å². The van der Waals surface area contributed by atoms with Gasteiger partial charge in [0.15, 0.2) is 17.4 Å². The molecule has 4 nitrogen and oxygen atoms in total. The molecule has 100 valence electrons. The summed E-state index contributed by atoms with van der Waals surface area (Å²) < 4.78 is 26.3. The number of aromatic carboxylic acids is 1. The van der Waals surface area contributed by atoms with Gasteiger partial charge < -0.3 is 10.2 Å². The van der Waals surface area contributed by atoms with Crippen molar-refractivity contribution >= 4 is 29.1 Å². The van der Waals surface area contributed by atoms with Crippen LogP contribution in [0.4, 0.5) is 8.78 Å². The van der Waals surface area contributed by atoms with E-state index in [1.54, 1.807) is 0 Å². The number of allylic oxidation sites excluding steroid dienone is 1. The number of carboxylic acids is 1. The van der Waals surface area contributed by atoms with E-state index < -0.39 is 29.0 Å². The number of benzene rings is 1. The lowest BCUT2D eigenvalue weighted by Gasteiger charge is -2.16. The summed E-state index contributed by atoms with van der Waals surface area (Å²) in [5.74, 6) is -4.75. The maximum absolute atomic E-state index is 13.2. The van der Waals surface area contributed by atoms with Gasteiger partial charge in [0.2, 0.25) is 0 Å². The van der Waals surface area contributed by atoms with Gasteiger partial charge in [0.1, 0.15) is 5.76 Å². The van der Waals surface area contributed by atoms with Crippen molar-refractivity contribution in [2.75, 3.05) is 11.5 Å². The zero-order chi connectivity index (χ0) is 14.2. The van der Waals surface area contributed by atoms with Crippen LogP contribution in [0.1, 0.15) is 15.9 Å². The maximum Gasteiger partial charge on any atom is 0.336 e. The van der Waals surface area contributed by atoms with Gasteiger partial charge in [-0.15, -0.1) is 11.8 Å². The first-order valence-electron chi connectivity index (χ1n) is 5.17. The molecule has 0 unspecified atom stereocenters. The minimum absolute atomic E-state index is 0.0530. The average molecular weight is 286 g/mol. The monoisotopic (exact) mass is 286 g/mol. The predicted molar refractivity (Wildman–Crippen MR) is 65.2 cm³/mol. The van der Waals surface area contributed by atoms with Gasteiger partial charge in [-0.1, -0.05) is 0 Å². The minimum Gasteiger partial charge on any atom is -0.511 e. The Morgan fingerprint density at radius 2 is 1.84 bits per heavy atom. The van der Waals surface area contributed by atoms with Gasteiger partial charge in [-0.3, -0.25) is 4.79 Å². The van der Waals surface area contributed by atoms with E-state index in [-0.39, 0.29) is 28.4 Å². The summed E-state index contributed by atoms with van der Waals surface area (Å²) in [6, 6.07) is 1.13. The molecule has 0 bridgehead atoms. The second kappa shape index (κ2) is 5.00. The van der Waals surface area contributed by atoms with Gasteiger partial charge in [-0.05, 0) is 12.1 Å². The molecule has 0 aromatic heterocycles. The third-order valence-electron chi connectivity index (χ3n) is 2.60. The lowest BCUT2D eigenvalue weighted by atomic mass is 9.95. The van der Waals surface area contributed by atoms with Crippen molar-refractivity contribution in [3.8, 4) is 0 Å². The second-order valence-corrected chi connectivity index (χ2v) is 4.84. The zero-order valence-electron chi connectivity index (χ0n) is 9.44. The van der Waals surface area contributed by atoms with Crippen LogP contribution in [0.15, 0.2) is 17.9 Å². The number of aliphatic hydroxyl groups excluding tert-OH is 1. The van der Waals surface area contributed by atoms with E-state index >= 15 is 0 Å². The summed E-state index contributed by atoms with van der Waals surface area (Å²) in [6.45, 7) is 0. The van der Waals surface area contributed by atoms with Gasteiger partial charge in [0, 0.05) is 5.56 Å². The summed E-state index contributed by atoms with van der Waals surface area (Å²) in [4.78, 5) is 22.8. The average Bonchev–Trinajstić information content (AvgIpc) is 2.32. The summed E-state index contributed by atoms with van der Waals surface area (Å²) in [5.41, 5.74) is -1.11. The van der Waals surface area contributed by atoms with Crippen LogP contribution in [0.3, 0.4) is 0 Å². The van der Waals surface area contributed by atoms with E-state index in [0.29, 0.717) is 12.1 Å². The standard InChI is InChI=1S/C12H8F2O4S/c13-7-1-5(6(12(17)18)2-8(7)14)11-9(15)3-19-4-10(11)16/h1-2,15H,3-4H2,(H,17,18). The number of thioether (sulfide) groups is 1.